The monoisotopic (exact) mass is 390 g/mol. The summed E-state index contributed by atoms with van der Waals surface area (Å²) >= 11 is 0. The molecule has 2 heterocycles. The number of nitrogens with zero attached hydrogens (tertiary/aromatic N) is 4. The molecule has 156 valence electrons. The SMILES string of the molecule is CCN(CC)C(=O)CN1CCC(Oc2nccnc2OC2CCCCC2)CC1. The number of hydrogen-bond donors (Lipinski definition) is 0. The van der Waals surface area contributed by atoms with Crippen molar-refractivity contribution >= 4 is 5.91 Å². The van der Waals surface area contributed by atoms with Crippen LogP contribution in [-0.2, 0) is 4.79 Å². The first kappa shape index (κ1) is 20.8. The van der Waals surface area contributed by atoms with Crippen LogP contribution in [0.3, 0.4) is 0 Å². The lowest BCUT2D eigenvalue weighted by atomic mass is 9.98. The van der Waals surface area contributed by atoms with Crippen LogP contribution in [0.5, 0.6) is 11.8 Å². The Labute approximate surface area is 168 Å². The highest BCUT2D eigenvalue weighted by Gasteiger charge is 2.25. The zero-order valence-corrected chi connectivity index (χ0v) is 17.3. The maximum Gasteiger partial charge on any atom is 0.278 e. The van der Waals surface area contributed by atoms with Crippen LogP contribution in [0, 0.1) is 0 Å². The Hall–Kier alpha value is -1.89. The Morgan fingerprint density at radius 1 is 0.964 bits per heavy atom. The number of rotatable bonds is 8. The van der Waals surface area contributed by atoms with Gasteiger partial charge in [0, 0.05) is 38.6 Å². The zero-order chi connectivity index (χ0) is 19.8. The van der Waals surface area contributed by atoms with E-state index in [1.807, 2.05) is 18.7 Å². The molecule has 1 aromatic heterocycles. The van der Waals surface area contributed by atoms with Crippen LogP contribution in [0.25, 0.3) is 0 Å². The van der Waals surface area contributed by atoms with E-state index < -0.39 is 0 Å². The predicted octanol–water partition coefficient (Wildman–Crippen LogP) is 2.90. The van der Waals surface area contributed by atoms with Crippen molar-refractivity contribution < 1.29 is 14.3 Å². The Bertz CT molecular complexity index is 609. The van der Waals surface area contributed by atoms with E-state index in [1.165, 1.54) is 19.3 Å². The van der Waals surface area contributed by atoms with Crippen molar-refractivity contribution in [3.8, 4) is 11.8 Å². The van der Waals surface area contributed by atoms with E-state index in [1.54, 1.807) is 12.4 Å². The molecule has 1 saturated carbocycles. The lowest BCUT2D eigenvalue weighted by molar-refractivity contribution is -0.132. The lowest BCUT2D eigenvalue weighted by Gasteiger charge is -2.33. The van der Waals surface area contributed by atoms with Gasteiger partial charge in [0.05, 0.1) is 6.54 Å². The number of likely N-dealkylation sites (N-methyl/N-ethyl adjacent to an activating group) is 1. The molecule has 3 rings (SSSR count). The quantitative estimate of drug-likeness (QED) is 0.680. The zero-order valence-electron chi connectivity index (χ0n) is 17.3. The molecular weight excluding hydrogens is 356 g/mol. The van der Waals surface area contributed by atoms with E-state index in [2.05, 4.69) is 14.9 Å². The second-order valence-corrected chi connectivity index (χ2v) is 7.70. The minimum absolute atomic E-state index is 0.0882. The molecule has 0 atom stereocenters. The number of amides is 1. The van der Waals surface area contributed by atoms with Crippen molar-refractivity contribution in [3.63, 3.8) is 0 Å². The molecule has 0 bridgehead atoms. The summed E-state index contributed by atoms with van der Waals surface area (Å²) in [4.78, 5) is 25.1. The van der Waals surface area contributed by atoms with E-state index in [9.17, 15) is 4.79 Å². The first-order valence-electron chi connectivity index (χ1n) is 10.8. The van der Waals surface area contributed by atoms with Gasteiger partial charge in [-0.05, 0) is 52.4 Å². The minimum Gasteiger partial charge on any atom is -0.471 e. The van der Waals surface area contributed by atoms with E-state index in [4.69, 9.17) is 9.47 Å². The molecule has 1 amide bonds. The highest BCUT2D eigenvalue weighted by atomic mass is 16.5. The van der Waals surface area contributed by atoms with Crippen LogP contribution < -0.4 is 9.47 Å². The van der Waals surface area contributed by atoms with Gasteiger partial charge in [0.25, 0.3) is 11.8 Å². The van der Waals surface area contributed by atoms with E-state index >= 15 is 0 Å². The Balaban J connectivity index is 1.49. The third kappa shape index (κ3) is 5.80. The largest absolute Gasteiger partial charge is 0.471 e. The molecule has 1 aliphatic heterocycles. The van der Waals surface area contributed by atoms with Gasteiger partial charge in [-0.25, -0.2) is 9.97 Å². The number of carbonyl (C=O) groups is 1. The second-order valence-electron chi connectivity index (χ2n) is 7.70. The fraction of sp³-hybridized carbons (Fsp3) is 0.762. The summed E-state index contributed by atoms with van der Waals surface area (Å²) in [6.45, 7) is 7.80. The van der Waals surface area contributed by atoms with Gasteiger partial charge in [-0.3, -0.25) is 9.69 Å². The molecule has 1 aromatic rings. The molecule has 0 unspecified atom stereocenters. The summed E-state index contributed by atoms with van der Waals surface area (Å²) in [6.07, 6.45) is 11.3. The van der Waals surface area contributed by atoms with Crippen LogP contribution in [0.1, 0.15) is 58.8 Å². The maximum absolute atomic E-state index is 12.3. The highest BCUT2D eigenvalue weighted by molar-refractivity contribution is 5.78. The molecule has 7 nitrogen and oxygen atoms in total. The van der Waals surface area contributed by atoms with Crippen molar-refractivity contribution in [1.82, 2.24) is 19.8 Å². The number of likely N-dealkylation sites (tertiary alicyclic amines) is 1. The van der Waals surface area contributed by atoms with Crippen molar-refractivity contribution in [3.05, 3.63) is 12.4 Å². The average Bonchev–Trinajstić information content (AvgIpc) is 2.72. The number of carbonyl (C=O) groups excluding carboxylic acids is 1. The molecule has 0 N–H and O–H groups in total. The number of aromatic nitrogens is 2. The maximum atomic E-state index is 12.3. The Morgan fingerprint density at radius 2 is 1.50 bits per heavy atom. The van der Waals surface area contributed by atoms with E-state index in [-0.39, 0.29) is 18.1 Å². The predicted molar refractivity (Wildman–Crippen MR) is 108 cm³/mol. The Kier molecular flexibility index (Phi) is 7.89. The standard InChI is InChI=1S/C21H34N4O3/c1-3-25(4-2)19(26)16-24-14-10-18(11-15-24)28-21-20(22-12-13-23-21)27-17-8-6-5-7-9-17/h12-13,17-18H,3-11,14-16H2,1-2H3. The number of hydrogen-bond acceptors (Lipinski definition) is 6. The number of ether oxygens (including phenoxy) is 2. The molecular formula is C21H34N4O3. The fourth-order valence-electron chi connectivity index (χ4n) is 4.03. The molecule has 0 spiro atoms. The highest BCUT2D eigenvalue weighted by Crippen LogP contribution is 2.29. The Morgan fingerprint density at radius 3 is 2.04 bits per heavy atom. The number of piperidine rings is 1. The summed E-state index contributed by atoms with van der Waals surface area (Å²) in [5, 5.41) is 0. The summed E-state index contributed by atoms with van der Waals surface area (Å²) in [7, 11) is 0. The summed E-state index contributed by atoms with van der Waals surface area (Å²) in [5.41, 5.74) is 0. The third-order valence-electron chi connectivity index (χ3n) is 5.75. The lowest BCUT2D eigenvalue weighted by Crippen LogP contribution is -2.45. The van der Waals surface area contributed by atoms with Gasteiger partial charge in [0.2, 0.25) is 5.91 Å². The molecule has 0 radical (unpaired) electrons. The van der Waals surface area contributed by atoms with Gasteiger partial charge in [-0.15, -0.1) is 0 Å². The molecule has 7 heteroatoms. The molecule has 0 aromatic carbocycles. The van der Waals surface area contributed by atoms with Gasteiger partial charge >= 0.3 is 0 Å². The molecule has 1 saturated heterocycles. The van der Waals surface area contributed by atoms with Crippen molar-refractivity contribution in [1.29, 1.82) is 0 Å². The first-order chi connectivity index (χ1) is 13.7. The summed E-state index contributed by atoms with van der Waals surface area (Å²) in [6, 6.07) is 0. The molecule has 28 heavy (non-hydrogen) atoms. The topological polar surface area (TPSA) is 67.8 Å². The van der Waals surface area contributed by atoms with Crippen molar-refractivity contribution in [2.75, 3.05) is 32.7 Å². The van der Waals surface area contributed by atoms with Crippen molar-refractivity contribution in [2.24, 2.45) is 0 Å². The summed E-state index contributed by atoms with van der Waals surface area (Å²) in [5.74, 6) is 1.24. The van der Waals surface area contributed by atoms with Crippen LogP contribution in [0.4, 0.5) is 0 Å². The van der Waals surface area contributed by atoms with Crippen LogP contribution in [0.2, 0.25) is 0 Å². The van der Waals surface area contributed by atoms with E-state index in [0.717, 1.165) is 51.9 Å². The average molecular weight is 391 g/mol. The minimum atomic E-state index is 0.0882. The van der Waals surface area contributed by atoms with Gasteiger partial charge in [-0.2, -0.15) is 0 Å². The second kappa shape index (κ2) is 10.6. The van der Waals surface area contributed by atoms with E-state index in [0.29, 0.717) is 18.3 Å². The van der Waals surface area contributed by atoms with Gasteiger partial charge < -0.3 is 14.4 Å². The molecule has 2 fully saturated rings. The molecule has 2 aliphatic rings. The van der Waals surface area contributed by atoms with Crippen LogP contribution in [0.15, 0.2) is 12.4 Å². The van der Waals surface area contributed by atoms with Gasteiger partial charge in [-0.1, -0.05) is 6.42 Å². The van der Waals surface area contributed by atoms with Gasteiger partial charge in [0.15, 0.2) is 0 Å². The molecule has 1 aliphatic carbocycles. The third-order valence-corrected chi connectivity index (χ3v) is 5.75. The smallest absolute Gasteiger partial charge is 0.278 e. The van der Waals surface area contributed by atoms with Crippen LogP contribution in [-0.4, -0.2) is 70.6 Å². The van der Waals surface area contributed by atoms with Crippen molar-refractivity contribution in [2.45, 2.75) is 71.0 Å². The normalized spacial score (nSPS) is 19.4. The van der Waals surface area contributed by atoms with Crippen LogP contribution >= 0.6 is 0 Å². The fourth-order valence-corrected chi connectivity index (χ4v) is 4.03. The van der Waals surface area contributed by atoms with Gasteiger partial charge in [0.1, 0.15) is 12.2 Å². The summed E-state index contributed by atoms with van der Waals surface area (Å²) < 4.78 is 12.2. The first-order valence-corrected chi connectivity index (χ1v) is 10.8.